The minimum atomic E-state index is 0.0311. The molecule has 0 radical (unpaired) electrons. The molecule has 2 nitrogen and oxygen atoms in total. The van der Waals surface area contributed by atoms with Crippen molar-refractivity contribution >= 4 is 23.2 Å². The molecule has 0 spiro atoms. The Morgan fingerprint density at radius 2 is 1.33 bits per heavy atom. The highest BCUT2D eigenvalue weighted by atomic mass is 16.2. The summed E-state index contributed by atoms with van der Waals surface area (Å²) < 4.78 is 0. The van der Waals surface area contributed by atoms with Crippen LogP contribution in [0.2, 0.25) is 0 Å². The van der Waals surface area contributed by atoms with Crippen LogP contribution in [-0.2, 0) is 11.3 Å². The van der Waals surface area contributed by atoms with E-state index in [1.54, 1.807) is 0 Å². The molecule has 1 heterocycles. The first-order valence-electron chi connectivity index (χ1n) is 8.05. The van der Waals surface area contributed by atoms with Crippen LogP contribution in [0.5, 0.6) is 0 Å². The number of hydrogen-bond acceptors (Lipinski definition) is 1. The maximum absolute atomic E-state index is 13.3. The Bertz CT molecular complexity index is 898. The number of para-hydroxylation sites is 1. The molecule has 4 rings (SSSR count). The molecule has 116 valence electrons. The highest BCUT2D eigenvalue weighted by Crippen LogP contribution is 2.30. The molecular formula is C22H17NO. The van der Waals surface area contributed by atoms with Gasteiger partial charge in [-0.1, -0.05) is 72.8 Å². The van der Waals surface area contributed by atoms with E-state index in [-0.39, 0.29) is 5.91 Å². The van der Waals surface area contributed by atoms with E-state index in [1.807, 2.05) is 83.8 Å². The minimum Gasteiger partial charge on any atom is -0.304 e. The number of hydrogen-bond donors (Lipinski definition) is 0. The number of carbonyl (C=O) groups is 1. The lowest BCUT2D eigenvalue weighted by Crippen LogP contribution is -2.30. The summed E-state index contributed by atoms with van der Waals surface area (Å²) in [5, 5.41) is 0. The maximum atomic E-state index is 13.3. The molecule has 0 saturated heterocycles. The van der Waals surface area contributed by atoms with Crippen molar-refractivity contribution in [2.45, 2.75) is 6.54 Å². The third kappa shape index (κ3) is 2.63. The van der Waals surface area contributed by atoms with Gasteiger partial charge < -0.3 is 4.90 Å². The molecule has 0 N–H and O–H groups in total. The predicted molar refractivity (Wildman–Crippen MR) is 98.4 cm³/mol. The molecule has 0 bridgehead atoms. The Hall–Kier alpha value is -3.13. The van der Waals surface area contributed by atoms with Crippen molar-refractivity contribution in [2.24, 2.45) is 0 Å². The van der Waals surface area contributed by atoms with Gasteiger partial charge in [0.15, 0.2) is 0 Å². The van der Waals surface area contributed by atoms with E-state index in [9.17, 15) is 4.79 Å². The third-order valence-electron chi connectivity index (χ3n) is 4.31. The summed E-state index contributed by atoms with van der Waals surface area (Å²) in [4.78, 5) is 15.1. The number of benzene rings is 3. The molecule has 0 unspecified atom stereocenters. The van der Waals surface area contributed by atoms with Crippen molar-refractivity contribution in [3.63, 3.8) is 0 Å². The van der Waals surface area contributed by atoms with Gasteiger partial charge in [0.1, 0.15) is 0 Å². The minimum absolute atomic E-state index is 0.0311. The van der Waals surface area contributed by atoms with Gasteiger partial charge in [-0.25, -0.2) is 0 Å². The molecular weight excluding hydrogens is 294 g/mol. The Morgan fingerprint density at radius 3 is 2.08 bits per heavy atom. The van der Waals surface area contributed by atoms with Crippen LogP contribution in [0, 0.1) is 0 Å². The number of carbonyl (C=O) groups excluding carboxylic acids is 1. The average Bonchev–Trinajstić information content (AvgIpc) is 2.80. The number of rotatable bonds is 2. The fraction of sp³-hybridized carbons (Fsp3) is 0.0455. The summed E-state index contributed by atoms with van der Waals surface area (Å²) >= 11 is 0. The number of nitrogens with zero attached hydrogens (tertiary/aromatic N) is 1. The van der Waals surface area contributed by atoms with Gasteiger partial charge in [-0.05, 0) is 34.9 Å². The summed E-state index contributed by atoms with van der Waals surface area (Å²) in [5.41, 5.74) is 4.84. The van der Waals surface area contributed by atoms with E-state index in [4.69, 9.17) is 0 Å². The Balaban J connectivity index is 1.89. The fourth-order valence-electron chi connectivity index (χ4n) is 3.06. The van der Waals surface area contributed by atoms with Crippen molar-refractivity contribution in [1.29, 1.82) is 0 Å². The van der Waals surface area contributed by atoms with E-state index >= 15 is 0 Å². The van der Waals surface area contributed by atoms with Crippen LogP contribution < -0.4 is 4.90 Å². The molecule has 2 heteroatoms. The zero-order chi connectivity index (χ0) is 16.4. The molecule has 3 aromatic carbocycles. The molecule has 3 aromatic rings. The van der Waals surface area contributed by atoms with Gasteiger partial charge in [0.05, 0.1) is 6.54 Å². The van der Waals surface area contributed by atoms with Crippen molar-refractivity contribution in [3.8, 4) is 0 Å². The largest absolute Gasteiger partial charge is 0.304 e. The summed E-state index contributed by atoms with van der Waals surface area (Å²) in [6.45, 7) is 0.575. The topological polar surface area (TPSA) is 20.3 Å². The number of amides is 1. The van der Waals surface area contributed by atoms with Crippen LogP contribution >= 0.6 is 0 Å². The molecule has 1 aliphatic rings. The SMILES string of the molecule is O=C1C(c2ccccc2)=Cc2ccccc2CN1c1ccccc1. The normalized spacial score (nSPS) is 13.9. The van der Waals surface area contributed by atoms with Gasteiger partial charge in [-0.2, -0.15) is 0 Å². The van der Waals surface area contributed by atoms with Gasteiger partial charge in [0, 0.05) is 11.3 Å². The molecule has 0 fully saturated rings. The summed E-state index contributed by atoms with van der Waals surface area (Å²) in [7, 11) is 0. The summed E-state index contributed by atoms with van der Waals surface area (Å²) in [6.07, 6.45) is 2.01. The third-order valence-corrected chi connectivity index (χ3v) is 4.31. The van der Waals surface area contributed by atoms with Gasteiger partial charge in [-0.3, -0.25) is 4.79 Å². The monoisotopic (exact) mass is 311 g/mol. The molecule has 24 heavy (non-hydrogen) atoms. The van der Waals surface area contributed by atoms with Crippen LogP contribution in [0.1, 0.15) is 16.7 Å². The van der Waals surface area contributed by atoms with E-state index < -0.39 is 0 Å². The van der Waals surface area contributed by atoms with Crippen molar-refractivity contribution in [3.05, 3.63) is 102 Å². The van der Waals surface area contributed by atoms with Crippen molar-refractivity contribution < 1.29 is 4.79 Å². The zero-order valence-corrected chi connectivity index (χ0v) is 13.2. The second-order valence-electron chi connectivity index (χ2n) is 5.85. The summed E-state index contributed by atoms with van der Waals surface area (Å²) in [6, 6.07) is 27.9. The smallest absolute Gasteiger partial charge is 0.259 e. The van der Waals surface area contributed by atoms with Gasteiger partial charge in [-0.15, -0.1) is 0 Å². The Labute approximate surface area is 141 Å². The van der Waals surface area contributed by atoms with Crippen molar-refractivity contribution in [2.75, 3.05) is 4.90 Å². The lowest BCUT2D eigenvalue weighted by atomic mass is 10.0. The van der Waals surface area contributed by atoms with E-state index in [1.165, 1.54) is 0 Å². The first kappa shape index (κ1) is 14.5. The van der Waals surface area contributed by atoms with Gasteiger partial charge in [0.2, 0.25) is 0 Å². The average molecular weight is 311 g/mol. The first-order chi connectivity index (χ1) is 11.8. The first-order valence-corrected chi connectivity index (χ1v) is 8.05. The highest BCUT2D eigenvalue weighted by molar-refractivity contribution is 6.30. The van der Waals surface area contributed by atoms with Crippen LogP contribution in [0.3, 0.4) is 0 Å². The highest BCUT2D eigenvalue weighted by Gasteiger charge is 2.25. The van der Waals surface area contributed by atoms with E-state index in [2.05, 4.69) is 12.1 Å². The molecule has 0 aliphatic carbocycles. The van der Waals surface area contributed by atoms with Crippen LogP contribution in [0.25, 0.3) is 11.6 Å². The lowest BCUT2D eigenvalue weighted by Gasteiger charge is -2.23. The number of anilines is 1. The van der Waals surface area contributed by atoms with Crippen molar-refractivity contribution in [1.82, 2.24) is 0 Å². The van der Waals surface area contributed by atoms with E-state index in [0.717, 1.165) is 28.0 Å². The zero-order valence-electron chi connectivity index (χ0n) is 13.2. The quantitative estimate of drug-likeness (QED) is 0.667. The molecule has 0 aromatic heterocycles. The molecule has 0 atom stereocenters. The van der Waals surface area contributed by atoms with Gasteiger partial charge >= 0.3 is 0 Å². The fourth-order valence-corrected chi connectivity index (χ4v) is 3.06. The summed E-state index contributed by atoms with van der Waals surface area (Å²) in [5.74, 6) is 0.0311. The lowest BCUT2D eigenvalue weighted by molar-refractivity contribution is -0.113. The number of fused-ring (bicyclic) bond motifs is 1. The molecule has 1 amide bonds. The predicted octanol–water partition coefficient (Wildman–Crippen LogP) is 4.77. The maximum Gasteiger partial charge on any atom is 0.259 e. The Morgan fingerprint density at radius 1 is 0.708 bits per heavy atom. The molecule has 1 aliphatic heterocycles. The second kappa shape index (κ2) is 6.17. The van der Waals surface area contributed by atoms with Crippen LogP contribution in [0.4, 0.5) is 5.69 Å². The van der Waals surface area contributed by atoms with E-state index in [0.29, 0.717) is 6.54 Å². The standard InChI is InChI=1S/C22H17NO/c24-22-21(17-9-3-1-4-10-17)15-18-11-7-8-12-19(18)16-23(22)20-13-5-2-6-14-20/h1-15H,16H2. The van der Waals surface area contributed by atoms with Crippen LogP contribution in [-0.4, -0.2) is 5.91 Å². The molecule has 0 saturated carbocycles. The Kier molecular flexibility index (Phi) is 3.72. The van der Waals surface area contributed by atoms with Crippen LogP contribution in [0.15, 0.2) is 84.9 Å². The van der Waals surface area contributed by atoms with Gasteiger partial charge in [0.25, 0.3) is 5.91 Å². The second-order valence-corrected chi connectivity index (χ2v) is 5.85.